The molecule has 4 rings (SSSR count). The molecular weight excluding hydrogens is 442 g/mol. The number of aromatic amines is 1. The van der Waals surface area contributed by atoms with Crippen molar-refractivity contribution in [2.75, 3.05) is 11.5 Å². The van der Waals surface area contributed by atoms with Crippen LogP contribution >= 0.6 is 11.8 Å². The van der Waals surface area contributed by atoms with Crippen molar-refractivity contribution in [3.63, 3.8) is 0 Å². The SMILES string of the molecule is Nc1nc(N)c(N=Nc2ccc3c(c2)SC(C(=O)c2ccccc2)NS3(=O)=O)c(=O)[nH]1. The molecule has 158 valence electrons. The first-order valence-electron chi connectivity index (χ1n) is 8.74. The van der Waals surface area contributed by atoms with Crippen LogP contribution in [0, 0.1) is 0 Å². The fourth-order valence-corrected chi connectivity index (χ4v) is 5.80. The number of aromatic nitrogens is 2. The Bertz CT molecular complexity index is 1370. The predicted molar refractivity (Wildman–Crippen MR) is 115 cm³/mol. The Hall–Kier alpha value is -3.55. The van der Waals surface area contributed by atoms with Gasteiger partial charge in [0.25, 0.3) is 5.56 Å². The summed E-state index contributed by atoms with van der Waals surface area (Å²) in [6.45, 7) is 0. The first kappa shape index (κ1) is 20.7. The van der Waals surface area contributed by atoms with Gasteiger partial charge in [-0.3, -0.25) is 14.6 Å². The van der Waals surface area contributed by atoms with Crippen LogP contribution in [0.1, 0.15) is 10.4 Å². The van der Waals surface area contributed by atoms with Crippen LogP contribution in [-0.2, 0) is 10.0 Å². The van der Waals surface area contributed by atoms with E-state index >= 15 is 0 Å². The van der Waals surface area contributed by atoms with Crippen molar-refractivity contribution in [1.82, 2.24) is 14.7 Å². The van der Waals surface area contributed by atoms with Crippen molar-refractivity contribution in [1.29, 1.82) is 0 Å². The van der Waals surface area contributed by atoms with E-state index in [1.807, 2.05) is 0 Å². The molecule has 0 fully saturated rings. The van der Waals surface area contributed by atoms with Crippen LogP contribution in [0.5, 0.6) is 0 Å². The molecule has 2 heterocycles. The van der Waals surface area contributed by atoms with Gasteiger partial charge < -0.3 is 11.5 Å². The molecule has 0 bridgehead atoms. The van der Waals surface area contributed by atoms with Gasteiger partial charge in [-0.15, -0.1) is 5.11 Å². The number of carbonyl (C=O) groups is 1. The average Bonchev–Trinajstić information content (AvgIpc) is 2.72. The summed E-state index contributed by atoms with van der Waals surface area (Å²) in [6.07, 6.45) is 0. The number of H-pyrrole nitrogens is 1. The Labute approximate surface area is 180 Å². The lowest BCUT2D eigenvalue weighted by Gasteiger charge is -2.24. The number of nitrogen functional groups attached to an aromatic ring is 2. The number of hydrogen-bond donors (Lipinski definition) is 4. The molecule has 3 aromatic rings. The Morgan fingerprint density at radius 3 is 2.55 bits per heavy atom. The monoisotopic (exact) mass is 457 g/mol. The lowest BCUT2D eigenvalue weighted by Crippen LogP contribution is -2.41. The third-order valence-electron chi connectivity index (χ3n) is 4.23. The van der Waals surface area contributed by atoms with Gasteiger partial charge in [-0.2, -0.15) is 14.8 Å². The maximum absolute atomic E-state index is 12.7. The smallest absolute Gasteiger partial charge is 0.282 e. The van der Waals surface area contributed by atoms with E-state index in [0.717, 1.165) is 11.8 Å². The number of ketones is 1. The molecule has 0 saturated heterocycles. The van der Waals surface area contributed by atoms with Gasteiger partial charge in [0.15, 0.2) is 17.3 Å². The highest BCUT2D eigenvalue weighted by molar-refractivity contribution is 8.03. The third kappa shape index (κ3) is 4.19. The largest absolute Gasteiger partial charge is 0.382 e. The molecule has 0 amide bonds. The Balaban J connectivity index is 1.67. The van der Waals surface area contributed by atoms with Crippen LogP contribution in [0.4, 0.5) is 23.1 Å². The van der Waals surface area contributed by atoms with E-state index < -0.39 is 21.0 Å². The molecular formula is C18H15N7O4S2. The van der Waals surface area contributed by atoms with Crippen molar-refractivity contribution in [3.8, 4) is 0 Å². The zero-order chi connectivity index (χ0) is 22.2. The second-order valence-corrected chi connectivity index (χ2v) is 9.19. The molecule has 0 saturated carbocycles. The number of thioether (sulfide) groups is 1. The lowest BCUT2D eigenvalue weighted by atomic mass is 10.1. The van der Waals surface area contributed by atoms with E-state index in [1.54, 1.807) is 30.3 Å². The number of carbonyl (C=O) groups excluding carboxylic acids is 1. The lowest BCUT2D eigenvalue weighted by molar-refractivity contribution is 0.0985. The normalized spacial score (nSPS) is 17.4. The van der Waals surface area contributed by atoms with Crippen LogP contribution in [0.2, 0.25) is 0 Å². The Morgan fingerprint density at radius 1 is 1.10 bits per heavy atom. The van der Waals surface area contributed by atoms with Gasteiger partial charge in [-0.1, -0.05) is 42.1 Å². The molecule has 1 aliphatic heterocycles. The third-order valence-corrected chi connectivity index (χ3v) is 7.14. The maximum atomic E-state index is 12.7. The van der Waals surface area contributed by atoms with E-state index in [2.05, 4.69) is 24.9 Å². The number of Topliss-reactive ketones (excluding diaryl/α,β-unsaturated/α-hetero) is 1. The molecule has 13 heteroatoms. The van der Waals surface area contributed by atoms with Gasteiger partial charge in [0.05, 0.1) is 10.6 Å². The summed E-state index contributed by atoms with van der Waals surface area (Å²) in [7, 11) is -3.91. The van der Waals surface area contributed by atoms with E-state index in [-0.39, 0.29) is 33.8 Å². The zero-order valence-electron chi connectivity index (χ0n) is 15.6. The first-order valence-corrected chi connectivity index (χ1v) is 11.1. The summed E-state index contributed by atoms with van der Waals surface area (Å²) in [4.78, 5) is 31.0. The molecule has 1 aliphatic rings. The minimum Gasteiger partial charge on any atom is -0.382 e. The van der Waals surface area contributed by atoms with Crippen LogP contribution in [0.15, 0.2) is 73.3 Å². The van der Waals surface area contributed by atoms with Crippen molar-refractivity contribution < 1.29 is 13.2 Å². The second kappa shape index (κ2) is 7.94. The van der Waals surface area contributed by atoms with E-state index in [9.17, 15) is 18.0 Å². The molecule has 1 unspecified atom stereocenters. The molecule has 1 aromatic heterocycles. The van der Waals surface area contributed by atoms with Crippen LogP contribution in [0.25, 0.3) is 0 Å². The summed E-state index contributed by atoms with van der Waals surface area (Å²) in [6, 6.07) is 12.6. The van der Waals surface area contributed by atoms with Crippen LogP contribution in [0.3, 0.4) is 0 Å². The quantitative estimate of drug-likeness (QED) is 0.338. The summed E-state index contributed by atoms with van der Waals surface area (Å²) in [5.74, 6) is -0.727. The summed E-state index contributed by atoms with van der Waals surface area (Å²) >= 11 is 1.04. The number of hydrogen-bond acceptors (Lipinski definition) is 10. The van der Waals surface area contributed by atoms with Crippen LogP contribution < -0.4 is 21.7 Å². The molecule has 2 aromatic carbocycles. The highest BCUT2D eigenvalue weighted by Gasteiger charge is 2.34. The molecule has 1 atom stereocenters. The van der Waals surface area contributed by atoms with Gasteiger partial charge in [0.1, 0.15) is 5.37 Å². The number of anilines is 2. The summed E-state index contributed by atoms with van der Waals surface area (Å²) in [5, 5.41) is 6.71. The molecule has 0 spiro atoms. The summed E-state index contributed by atoms with van der Waals surface area (Å²) in [5.41, 5.74) is 10.8. The number of nitrogens with two attached hydrogens (primary N) is 2. The minimum atomic E-state index is -3.91. The fraction of sp³-hybridized carbons (Fsp3) is 0.0556. The van der Waals surface area contributed by atoms with Crippen LogP contribution in [-0.4, -0.2) is 29.5 Å². The number of nitrogens with zero attached hydrogens (tertiary/aromatic N) is 3. The molecule has 0 aliphatic carbocycles. The number of benzene rings is 2. The highest BCUT2D eigenvalue weighted by atomic mass is 32.2. The number of fused-ring (bicyclic) bond motifs is 1. The topological polar surface area (TPSA) is 186 Å². The van der Waals surface area contributed by atoms with Gasteiger partial charge in [-0.05, 0) is 18.2 Å². The second-order valence-electron chi connectivity index (χ2n) is 6.37. The standard InChI is InChI=1S/C18H15N7O4S2/c19-15-13(16(27)22-18(20)21-15)24-23-10-6-7-12-11(8-10)30-17(25-31(12,28)29)14(26)9-4-2-1-3-5-9/h1-8,17,25H,(H5,19,20,21,22,27). The van der Waals surface area contributed by atoms with Crippen molar-refractivity contribution in [3.05, 3.63) is 64.4 Å². The van der Waals surface area contributed by atoms with Gasteiger partial charge in [0.2, 0.25) is 16.0 Å². The number of azo groups is 1. The number of sulfonamides is 1. The van der Waals surface area contributed by atoms with Gasteiger partial charge in [0, 0.05) is 10.5 Å². The van der Waals surface area contributed by atoms with Crippen molar-refractivity contribution in [2.45, 2.75) is 15.2 Å². The molecule has 11 nitrogen and oxygen atoms in total. The fourth-order valence-electron chi connectivity index (χ4n) is 2.80. The first-order chi connectivity index (χ1) is 14.7. The average molecular weight is 457 g/mol. The van der Waals surface area contributed by atoms with Gasteiger partial charge in [-0.25, -0.2) is 8.42 Å². The molecule has 6 N–H and O–H groups in total. The minimum absolute atomic E-state index is 0.0140. The maximum Gasteiger partial charge on any atom is 0.282 e. The molecule has 31 heavy (non-hydrogen) atoms. The zero-order valence-corrected chi connectivity index (χ0v) is 17.3. The molecule has 0 radical (unpaired) electrons. The van der Waals surface area contributed by atoms with Crippen molar-refractivity contribution in [2.24, 2.45) is 10.2 Å². The van der Waals surface area contributed by atoms with E-state index in [0.29, 0.717) is 10.5 Å². The van der Waals surface area contributed by atoms with E-state index in [4.69, 9.17) is 11.5 Å². The highest BCUT2D eigenvalue weighted by Crippen LogP contribution is 2.38. The summed E-state index contributed by atoms with van der Waals surface area (Å²) < 4.78 is 27.6. The van der Waals surface area contributed by atoms with Crippen molar-refractivity contribution >= 4 is 50.7 Å². The van der Waals surface area contributed by atoms with Gasteiger partial charge >= 0.3 is 0 Å². The predicted octanol–water partition coefficient (Wildman–Crippen LogP) is 1.94. The number of nitrogens with one attached hydrogen (secondary N) is 2. The Morgan fingerprint density at radius 2 is 1.84 bits per heavy atom. The van der Waals surface area contributed by atoms with E-state index in [1.165, 1.54) is 18.2 Å². The Kier molecular flexibility index (Phi) is 5.31. The number of rotatable bonds is 4.